The zero-order valence-corrected chi connectivity index (χ0v) is 14.9. The van der Waals surface area contributed by atoms with E-state index in [0.717, 1.165) is 13.4 Å². The summed E-state index contributed by atoms with van der Waals surface area (Å²) < 4.78 is 4.51. The maximum absolute atomic E-state index is 3.61. The molecule has 0 aliphatic rings. The van der Waals surface area contributed by atoms with Gasteiger partial charge >= 0.3 is 0 Å². The fourth-order valence-corrected chi connectivity index (χ4v) is 3.70. The molecule has 0 bridgehead atoms. The van der Waals surface area contributed by atoms with Crippen LogP contribution in [0.2, 0.25) is 0 Å². The van der Waals surface area contributed by atoms with Crippen LogP contribution in [0.25, 0.3) is 11.1 Å². The minimum absolute atomic E-state index is 1.10. The monoisotopic (exact) mass is 514 g/mol. The molecule has 0 radical (unpaired) electrons. The van der Waals surface area contributed by atoms with Gasteiger partial charge in [-0.25, -0.2) is 0 Å². The van der Waals surface area contributed by atoms with E-state index < -0.39 is 0 Å². The first-order valence-corrected chi connectivity index (χ1v) is 7.95. The van der Waals surface area contributed by atoms with E-state index in [1.54, 1.807) is 0 Å². The van der Waals surface area contributed by atoms with E-state index in [4.69, 9.17) is 0 Å². The third-order valence-electron chi connectivity index (χ3n) is 2.17. The largest absolute Gasteiger partial charge is 0.0616 e. The standard InChI is InChI=1S/C12H6Br3I/c13-9-4-2-1-3-7(9)8-5-11(15)12(16)6-10(8)14/h1-6H. The molecule has 2 aromatic carbocycles. The Bertz CT molecular complexity index is 538. The number of hydrogen-bond donors (Lipinski definition) is 0. The first-order chi connectivity index (χ1) is 7.59. The van der Waals surface area contributed by atoms with Crippen molar-refractivity contribution in [1.29, 1.82) is 0 Å². The Kier molecular flexibility index (Phi) is 4.49. The lowest BCUT2D eigenvalue weighted by Gasteiger charge is -2.09. The first-order valence-electron chi connectivity index (χ1n) is 4.49. The molecule has 2 rings (SSSR count). The summed E-state index contributed by atoms with van der Waals surface area (Å²) >= 11 is 13.0. The third-order valence-corrected chi connectivity index (χ3v) is 5.81. The number of rotatable bonds is 1. The third kappa shape index (κ3) is 2.71. The summed E-state index contributed by atoms with van der Waals surface area (Å²) in [7, 11) is 0. The molecule has 4 heteroatoms. The van der Waals surface area contributed by atoms with Crippen molar-refractivity contribution >= 4 is 70.4 Å². The van der Waals surface area contributed by atoms with Crippen LogP contribution in [0.1, 0.15) is 0 Å². The minimum Gasteiger partial charge on any atom is -0.0616 e. The summed E-state index contributed by atoms with van der Waals surface area (Å²) in [6, 6.07) is 12.4. The van der Waals surface area contributed by atoms with E-state index in [2.05, 4.69) is 88.6 Å². The highest BCUT2D eigenvalue weighted by molar-refractivity contribution is 14.1. The summed E-state index contributed by atoms with van der Waals surface area (Å²) in [6.07, 6.45) is 0. The van der Waals surface area contributed by atoms with Gasteiger partial charge in [0, 0.05) is 17.0 Å². The van der Waals surface area contributed by atoms with E-state index in [0.29, 0.717) is 0 Å². The van der Waals surface area contributed by atoms with Gasteiger partial charge in [-0.15, -0.1) is 0 Å². The van der Waals surface area contributed by atoms with Gasteiger partial charge in [0.25, 0.3) is 0 Å². The smallest absolute Gasteiger partial charge is 0.0315 e. The normalized spacial score (nSPS) is 10.5. The van der Waals surface area contributed by atoms with Crippen LogP contribution in [0.5, 0.6) is 0 Å². The predicted octanol–water partition coefficient (Wildman–Crippen LogP) is 6.25. The van der Waals surface area contributed by atoms with Crippen LogP contribution < -0.4 is 0 Å². The summed E-state index contributed by atoms with van der Waals surface area (Å²) in [4.78, 5) is 0. The number of hydrogen-bond acceptors (Lipinski definition) is 0. The van der Waals surface area contributed by atoms with Gasteiger partial charge in [-0.05, 0) is 67.8 Å². The Morgan fingerprint density at radius 2 is 1.44 bits per heavy atom. The lowest BCUT2D eigenvalue weighted by Crippen LogP contribution is -1.84. The summed E-state index contributed by atoms with van der Waals surface area (Å²) in [5, 5.41) is 0. The molecule has 0 aliphatic carbocycles. The van der Waals surface area contributed by atoms with E-state index in [1.165, 1.54) is 14.7 Å². The molecular weight excluding hydrogens is 511 g/mol. The van der Waals surface area contributed by atoms with Gasteiger partial charge in [0.05, 0.1) is 0 Å². The lowest BCUT2D eigenvalue weighted by molar-refractivity contribution is 1.50. The van der Waals surface area contributed by atoms with Crippen LogP contribution in [0.3, 0.4) is 0 Å². The average molecular weight is 517 g/mol. The van der Waals surface area contributed by atoms with Crippen LogP contribution in [-0.2, 0) is 0 Å². The van der Waals surface area contributed by atoms with E-state index in [-0.39, 0.29) is 0 Å². The molecule has 0 saturated heterocycles. The molecule has 2 aromatic rings. The van der Waals surface area contributed by atoms with Gasteiger partial charge in [0.1, 0.15) is 0 Å². The second kappa shape index (κ2) is 5.50. The Hall–Kier alpha value is 0.610. The Balaban J connectivity index is 2.65. The second-order valence-electron chi connectivity index (χ2n) is 3.23. The van der Waals surface area contributed by atoms with E-state index >= 15 is 0 Å². The van der Waals surface area contributed by atoms with Crippen molar-refractivity contribution in [3.63, 3.8) is 0 Å². The molecule has 0 spiro atoms. The molecule has 0 atom stereocenters. The summed E-state index contributed by atoms with van der Waals surface area (Å²) in [5.41, 5.74) is 2.37. The predicted molar refractivity (Wildman–Crippen MR) is 87.7 cm³/mol. The van der Waals surface area contributed by atoms with Gasteiger partial charge < -0.3 is 0 Å². The van der Waals surface area contributed by atoms with Crippen molar-refractivity contribution < 1.29 is 0 Å². The highest BCUT2D eigenvalue weighted by Crippen LogP contribution is 2.37. The molecule has 0 amide bonds. The minimum atomic E-state index is 1.10. The van der Waals surface area contributed by atoms with Gasteiger partial charge in [0.2, 0.25) is 0 Å². The van der Waals surface area contributed by atoms with Crippen LogP contribution in [0.4, 0.5) is 0 Å². The van der Waals surface area contributed by atoms with Crippen molar-refractivity contribution in [2.75, 3.05) is 0 Å². The van der Waals surface area contributed by atoms with Gasteiger partial charge in [-0.1, -0.05) is 50.1 Å². The zero-order valence-electron chi connectivity index (χ0n) is 7.98. The van der Waals surface area contributed by atoms with E-state index in [9.17, 15) is 0 Å². The first kappa shape index (κ1) is 13.1. The Labute approximate surface area is 133 Å². The second-order valence-corrected chi connectivity index (χ2v) is 6.95. The molecule has 0 unspecified atom stereocenters. The highest BCUT2D eigenvalue weighted by Gasteiger charge is 2.09. The van der Waals surface area contributed by atoms with Crippen molar-refractivity contribution in [3.05, 3.63) is 53.4 Å². The fraction of sp³-hybridized carbons (Fsp3) is 0. The fourth-order valence-electron chi connectivity index (χ4n) is 1.41. The summed E-state index contributed by atoms with van der Waals surface area (Å²) in [6.45, 7) is 0. The Morgan fingerprint density at radius 1 is 0.750 bits per heavy atom. The molecule has 0 aromatic heterocycles. The lowest BCUT2D eigenvalue weighted by atomic mass is 10.1. The topological polar surface area (TPSA) is 0 Å². The van der Waals surface area contributed by atoms with Gasteiger partial charge in [-0.3, -0.25) is 0 Å². The molecule has 82 valence electrons. The molecule has 0 N–H and O–H groups in total. The molecule has 0 heterocycles. The molecule has 16 heavy (non-hydrogen) atoms. The molecular formula is C12H6Br3I. The maximum atomic E-state index is 3.61. The van der Waals surface area contributed by atoms with E-state index in [1.807, 2.05) is 18.2 Å². The van der Waals surface area contributed by atoms with Gasteiger partial charge in [0.15, 0.2) is 0 Å². The number of halogens is 4. The molecule has 0 fully saturated rings. The van der Waals surface area contributed by atoms with Gasteiger partial charge in [-0.2, -0.15) is 0 Å². The van der Waals surface area contributed by atoms with Crippen molar-refractivity contribution in [1.82, 2.24) is 0 Å². The molecule has 0 aliphatic heterocycles. The maximum Gasteiger partial charge on any atom is 0.0315 e. The molecule has 0 nitrogen and oxygen atoms in total. The summed E-state index contributed by atoms with van der Waals surface area (Å²) in [5.74, 6) is 0. The van der Waals surface area contributed by atoms with Crippen LogP contribution in [0.15, 0.2) is 49.8 Å². The average Bonchev–Trinajstić information content (AvgIpc) is 2.25. The highest BCUT2D eigenvalue weighted by atomic mass is 127. The SMILES string of the molecule is Brc1cc(-c2ccccc2Br)c(Br)cc1I. The molecule has 0 saturated carbocycles. The number of benzene rings is 2. The van der Waals surface area contributed by atoms with Crippen molar-refractivity contribution in [2.45, 2.75) is 0 Å². The van der Waals surface area contributed by atoms with Crippen molar-refractivity contribution in [3.8, 4) is 11.1 Å². The quantitative estimate of drug-likeness (QED) is 0.311. The van der Waals surface area contributed by atoms with Crippen LogP contribution in [-0.4, -0.2) is 0 Å². The van der Waals surface area contributed by atoms with Crippen LogP contribution in [0, 0.1) is 3.57 Å². The Morgan fingerprint density at radius 3 is 2.12 bits per heavy atom. The zero-order chi connectivity index (χ0) is 11.7. The van der Waals surface area contributed by atoms with Crippen molar-refractivity contribution in [2.24, 2.45) is 0 Å². The van der Waals surface area contributed by atoms with Crippen LogP contribution >= 0.6 is 70.4 Å².